The van der Waals surface area contributed by atoms with Crippen LogP contribution in [0.2, 0.25) is 0 Å². The largest absolute Gasteiger partial charge is 0.376 e. The molecule has 0 saturated heterocycles. The van der Waals surface area contributed by atoms with Crippen LogP contribution in [0.4, 0.5) is 5.69 Å². The van der Waals surface area contributed by atoms with Crippen LogP contribution in [-0.4, -0.2) is 4.98 Å². The summed E-state index contributed by atoms with van der Waals surface area (Å²) < 4.78 is 0. The molecule has 0 fully saturated rings. The Morgan fingerprint density at radius 2 is 1.76 bits per heavy atom. The molecule has 0 bridgehead atoms. The lowest BCUT2D eigenvalue weighted by molar-refractivity contribution is 0.841. The van der Waals surface area contributed by atoms with E-state index >= 15 is 0 Å². The summed E-state index contributed by atoms with van der Waals surface area (Å²) in [5, 5.41) is 14.7. The predicted molar refractivity (Wildman–Crippen MR) is 84.9 cm³/mol. The number of hydrogen-bond acceptors (Lipinski definition) is 3. The van der Waals surface area contributed by atoms with Crippen molar-refractivity contribution in [2.45, 2.75) is 13.0 Å². The van der Waals surface area contributed by atoms with Crippen LogP contribution in [0.25, 0.3) is 10.8 Å². The third-order valence-electron chi connectivity index (χ3n) is 3.55. The molecule has 1 aromatic heterocycles. The van der Waals surface area contributed by atoms with Crippen molar-refractivity contribution in [3.8, 4) is 6.07 Å². The van der Waals surface area contributed by atoms with Crippen molar-refractivity contribution in [2.24, 2.45) is 0 Å². The Hall–Kier alpha value is -2.86. The number of hydrogen-bond donors (Lipinski definition) is 1. The zero-order valence-corrected chi connectivity index (χ0v) is 11.7. The summed E-state index contributed by atoms with van der Waals surface area (Å²) in [4.78, 5) is 4.37. The fourth-order valence-electron chi connectivity index (χ4n) is 2.46. The second kappa shape index (κ2) is 5.64. The predicted octanol–water partition coefficient (Wildman–Crippen LogP) is 4.28. The monoisotopic (exact) mass is 273 g/mol. The van der Waals surface area contributed by atoms with E-state index in [9.17, 15) is 5.26 Å². The molecule has 0 aliphatic carbocycles. The van der Waals surface area contributed by atoms with Gasteiger partial charge in [0.1, 0.15) is 0 Å². The highest BCUT2D eigenvalue weighted by Crippen LogP contribution is 2.28. The lowest BCUT2D eigenvalue weighted by Crippen LogP contribution is -2.08. The van der Waals surface area contributed by atoms with E-state index in [-0.39, 0.29) is 6.04 Å². The average Bonchev–Trinajstić information content (AvgIpc) is 2.56. The van der Waals surface area contributed by atoms with E-state index in [1.165, 1.54) is 0 Å². The molecule has 0 aliphatic heterocycles. The van der Waals surface area contributed by atoms with Crippen LogP contribution in [0.15, 0.2) is 60.8 Å². The standard InChI is InChI=1S/C18H15N3/c1-13(17-8-4-5-11-20-17)21-18-10-9-14(12-19)15-6-2-3-7-16(15)18/h2-11,13,21H,1H3. The van der Waals surface area contributed by atoms with Crippen LogP contribution in [-0.2, 0) is 0 Å². The smallest absolute Gasteiger partial charge is 0.0998 e. The zero-order valence-electron chi connectivity index (χ0n) is 11.7. The Kier molecular flexibility index (Phi) is 3.53. The van der Waals surface area contributed by atoms with Crippen LogP contribution in [0.3, 0.4) is 0 Å². The SMILES string of the molecule is CC(Nc1ccc(C#N)c2ccccc12)c1ccccn1. The Labute approximate surface area is 123 Å². The third kappa shape index (κ3) is 2.56. The number of anilines is 1. The lowest BCUT2D eigenvalue weighted by Gasteiger charge is -2.17. The molecule has 1 atom stereocenters. The molecule has 3 heteroatoms. The van der Waals surface area contributed by atoms with E-state index in [1.54, 1.807) is 6.20 Å². The Balaban J connectivity index is 2.01. The number of nitrogens with zero attached hydrogens (tertiary/aromatic N) is 2. The molecule has 0 aliphatic rings. The third-order valence-corrected chi connectivity index (χ3v) is 3.55. The van der Waals surface area contributed by atoms with Gasteiger partial charge in [-0.3, -0.25) is 4.98 Å². The Morgan fingerprint density at radius 1 is 1.00 bits per heavy atom. The van der Waals surface area contributed by atoms with Crippen LogP contribution in [0, 0.1) is 11.3 Å². The van der Waals surface area contributed by atoms with E-state index in [4.69, 9.17) is 0 Å². The van der Waals surface area contributed by atoms with E-state index in [0.717, 1.165) is 22.2 Å². The minimum atomic E-state index is 0.0996. The van der Waals surface area contributed by atoms with Crippen LogP contribution < -0.4 is 5.32 Å². The minimum absolute atomic E-state index is 0.0996. The highest BCUT2D eigenvalue weighted by Gasteiger charge is 2.10. The number of benzene rings is 2. The summed E-state index contributed by atoms with van der Waals surface area (Å²) in [6.07, 6.45) is 1.80. The first-order chi connectivity index (χ1) is 10.3. The zero-order chi connectivity index (χ0) is 14.7. The van der Waals surface area contributed by atoms with Crippen LogP contribution >= 0.6 is 0 Å². The maximum absolute atomic E-state index is 9.21. The summed E-state index contributed by atoms with van der Waals surface area (Å²) in [7, 11) is 0. The van der Waals surface area contributed by atoms with Gasteiger partial charge in [-0.2, -0.15) is 5.26 Å². The summed E-state index contributed by atoms with van der Waals surface area (Å²) in [6, 6.07) is 20.0. The fourth-order valence-corrected chi connectivity index (χ4v) is 2.46. The van der Waals surface area contributed by atoms with E-state index < -0.39 is 0 Å². The van der Waals surface area contributed by atoms with Gasteiger partial charge in [0.25, 0.3) is 0 Å². The van der Waals surface area contributed by atoms with Gasteiger partial charge in [-0.1, -0.05) is 30.3 Å². The van der Waals surface area contributed by atoms with Crippen molar-refractivity contribution in [1.29, 1.82) is 5.26 Å². The molecule has 3 aromatic rings. The second-order valence-corrected chi connectivity index (χ2v) is 4.94. The van der Waals surface area contributed by atoms with Crippen LogP contribution in [0.5, 0.6) is 0 Å². The molecule has 1 unspecified atom stereocenters. The highest BCUT2D eigenvalue weighted by atomic mass is 14.9. The quantitative estimate of drug-likeness (QED) is 0.774. The first-order valence-electron chi connectivity index (χ1n) is 6.89. The molecule has 3 nitrogen and oxygen atoms in total. The highest BCUT2D eigenvalue weighted by molar-refractivity contribution is 5.97. The van der Waals surface area contributed by atoms with Gasteiger partial charge in [0.2, 0.25) is 0 Å². The van der Waals surface area contributed by atoms with Gasteiger partial charge in [0, 0.05) is 22.7 Å². The molecule has 2 aromatic carbocycles. The summed E-state index contributed by atoms with van der Waals surface area (Å²) >= 11 is 0. The lowest BCUT2D eigenvalue weighted by atomic mass is 10.0. The van der Waals surface area contributed by atoms with Gasteiger partial charge in [0.05, 0.1) is 23.4 Å². The maximum Gasteiger partial charge on any atom is 0.0998 e. The number of nitrogens with one attached hydrogen (secondary N) is 1. The van der Waals surface area contributed by atoms with Gasteiger partial charge in [-0.15, -0.1) is 0 Å². The molecule has 3 rings (SSSR count). The van der Waals surface area contributed by atoms with Crippen LogP contribution in [0.1, 0.15) is 24.2 Å². The first kappa shape index (κ1) is 13.1. The fraction of sp³-hybridized carbons (Fsp3) is 0.111. The summed E-state index contributed by atoms with van der Waals surface area (Å²) in [5.74, 6) is 0. The molecule has 0 saturated carbocycles. The number of rotatable bonds is 3. The van der Waals surface area contributed by atoms with Gasteiger partial charge >= 0.3 is 0 Å². The molecule has 102 valence electrons. The summed E-state index contributed by atoms with van der Waals surface area (Å²) in [6.45, 7) is 2.08. The molecular weight excluding hydrogens is 258 g/mol. The Bertz CT molecular complexity index is 804. The molecule has 0 spiro atoms. The second-order valence-electron chi connectivity index (χ2n) is 4.94. The number of nitriles is 1. The van der Waals surface area contributed by atoms with Gasteiger partial charge < -0.3 is 5.32 Å². The molecule has 1 heterocycles. The van der Waals surface area contributed by atoms with Crippen molar-refractivity contribution < 1.29 is 0 Å². The first-order valence-corrected chi connectivity index (χ1v) is 6.89. The minimum Gasteiger partial charge on any atom is -0.376 e. The molecule has 21 heavy (non-hydrogen) atoms. The number of aromatic nitrogens is 1. The number of pyridine rings is 1. The molecule has 1 N–H and O–H groups in total. The van der Waals surface area contributed by atoms with Crippen molar-refractivity contribution in [3.63, 3.8) is 0 Å². The van der Waals surface area contributed by atoms with Gasteiger partial charge in [-0.25, -0.2) is 0 Å². The van der Waals surface area contributed by atoms with E-state index in [1.807, 2.05) is 54.6 Å². The topological polar surface area (TPSA) is 48.7 Å². The van der Waals surface area contributed by atoms with Crippen molar-refractivity contribution in [3.05, 3.63) is 72.1 Å². The molecule has 0 radical (unpaired) electrons. The molecule has 0 amide bonds. The van der Waals surface area contributed by atoms with E-state index in [0.29, 0.717) is 5.56 Å². The van der Waals surface area contributed by atoms with Gasteiger partial charge in [-0.05, 0) is 31.2 Å². The normalized spacial score (nSPS) is 11.8. The van der Waals surface area contributed by atoms with Gasteiger partial charge in [0.15, 0.2) is 0 Å². The summed E-state index contributed by atoms with van der Waals surface area (Å²) in [5.41, 5.74) is 2.70. The van der Waals surface area contributed by atoms with Crippen molar-refractivity contribution in [2.75, 3.05) is 5.32 Å². The average molecular weight is 273 g/mol. The Morgan fingerprint density at radius 3 is 2.48 bits per heavy atom. The molecular formula is C18H15N3. The number of fused-ring (bicyclic) bond motifs is 1. The van der Waals surface area contributed by atoms with E-state index in [2.05, 4.69) is 23.3 Å². The van der Waals surface area contributed by atoms with Crippen molar-refractivity contribution in [1.82, 2.24) is 4.98 Å². The maximum atomic E-state index is 9.21. The van der Waals surface area contributed by atoms with Crippen molar-refractivity contribution >= 4 is 16.5 Å².